The molecule has 0 unspecified atom stereocenters. The summed E-state index contributed by atoms with van der Waals surface area (Å²) in [5.74, 6) is 0.506. The van der Waals surface area contributed by atoms with E-state index < -0.39 is 0 Å². The fourth-order valence-corrected chi connectivity index (χ4v) is 3.16. The number of rotatable bonds is 8. The average Bonchev–Trinajstić information content (AvgIpc) is 2.56. The zero-order chi connectivity index (χ0) is 17.7. The van der Waals surface area contributed by atoms with E-state index in [0.29, 0.717) is 25.7 Å². The van der Waals surface area contributed by atoms with Gasteiger partial charge < -0.3 is 10.2 Å². The fourth-order valence-electron chi connectivity index (χ4n) is 3.16. The molecule has 124 valence electrons. The number of aromatic hydroxyl groups is 2. The van der Waals surface area contributed by atoms with Crippen LogP contribution in [0.4, 0.5) is 0 Å². The summed E-state index contributed by atoms with van der Waals surface area (Å²) in [5.41, 5.74) is 3.23. The minimum Gasteiger partial charge on any atom is -0.507 e. The molecule has 2 N–H and O–H groups in total. The van der Waals surface area contributed by atoms with Crippen molar-refractivity contribution in [1.29, 1.82) is 0 Å². The van der Waals surface area contributed by atoms with Crippen molar-refractivity contribution in [1.82, 2.24) is 0 Å². The van der Waals surface area contributed by atoms with Crippen LogP contribution in [0.25, 0.3) is 10.8 Å². The van der Waals surface area contributed by atoms with Crippen LogP contribution in [-0.4, -0.2) is 10.2 Å². The maximum absolute atomic E-state index is 10.7. The molecule has 24 heavy (non-hydrogen) atoms. The average molecular weight is 320 g/mol. The van der Waals surface area contributed by atoms with Crippen molar-refractivity contribution in [2.75, 3.05) is 0 Å². The van der Waals surface area contributed by atoms with Crippen LogP contribution in [0, 0.1) is 0 Å². The van der Waals surface area contributed by atoms with Gasteiger partial charge >= 0.3 is 0 Å². The van der Waals surface area contributed by atoms with E-state index in [9.17, 15) is 10.2 Å². The molecule has 0 aliphatic carbocycles. The summed E-state index contributed by atoms with van der Waals surface area (Å²) < 4.78 is 0. The Morgan fingerprint density at radius 1 is 0.667 bits per heavy atom. The molecule has 2 aromatic carbocycles. The third-order valence-corrected chi connectivity index (χ3v) is 4.16. The lowest BCUT2D eigenvalue weighted by Gasteiger charge is -2.18. The molecular formula is C22H24O2. The molecule has 0 saturated heterocycles. The monoisotopic (exact) mass is 320 g/mol. The predicted octanol–water partition coefficient (Wildman–Crippen LogP) is 5.17. The Bertz CT molecular complexity index is 748. The Balaban J connectivity index is 2.95. The van der Waals surface area contributed by atoms with E-state index in [1.807, 2.05) is 12.1 Å². The minimum absolute atomic E-state index is 0.253. The van der Waals surface area contributed by atoms with Crippen molar-refractivity contribution in [2.24, 2.45) is 0 Å². The molecule has 0 aromatic heterocycles. The van der Waals surface area contributed by atoms with Gasteiger partial charge in [-0.3, -0.25) is 0 Å². The van der Waals surface area contributed by atoms with E-state index in [2.05, 4.69) is 26.3 Å². The van der Waals surface area contributed by atoms with Gasteiger partial charge in [-0.15, -0.1) is 26.3 Å². The summed E-state index contributed by atoms with van der Waals surface area (Å²) in [7, 11) is 0. The van der Waals surface area contributed by atoms with E-state index in [0.717, 1.165) is 33.0 Å². The zero-order valence-corrected chi connectivity index (χ0v) is 14.0. The second kappa shape index (κ2) is 7.69. The van der Waals surface area contributed by atoms with Crippen molar-refractivity contribution >= 4 is 10.8 Å². The van der Waals surface area contributed by atoms with E-state index in [-0.39, 0.29) is 11.5 Å². The number of fused-ring (bicyclic) bond motifs is 1. The number of allylic oxidation sites excluding steroid dienone is 4. The molecule has 0 spiro atoms. The highest BCUT2D eigenvalue weighted by molar-refractivity contribution is 5.94. The second-order valence-electron chi connectivity index (χ2n) is 5.80. The molecule has 0 aliphatic heterocycles. The van der Waals surface area contributed by atoms with Crippen LogP contribution in [0.5, 0.6) is 11.5 Å². The molecule has 0 saturated carbocycles. The van der Waals surface area contributed by atoms with Gasteiger partial charge in [0.1, 0.15) is 11.5 Å². The predicted molar refractivity (Wildman–Crippen MR) is 103 cm³/mol. The van der Waals surface area contributed by atoms with Crippen molar-refractivity contribution in [3.8, 4) is 11.5 Å². The smallest absolute Gasteiger partial charge is 0.123 e. The van der Waals surface area contributed by atoms with E-state index in [4.69, 9.17) is 0 Å². The first kappa shape index (κ1) is 17.6. The number of phenols is 2. The molecule has 0 atom stereocenters. The number of phenolic OH excluding ortho intramolecular Hbond substituents is 2. The summed E-state index contributed by atoms with van der Waals surface area (Å²) >= 11 is 0. The van der Waals surface area contributed by atoms with Crippen LogP contribution >= 0.6 is 0 Å². The Morgan fingerprint density at radius 2 is 1.04 bits per heavy atom. The summed E-state index contributed by atoms with van der Waals surface area (Å²) in [4.78, 5) is 0. The summed E-state index contributed by atoms with van der Waals surface area (Å²) in [6, 6.07) is 3.94. The third kappa shape index (κ3) is 3.13. The topological polar surface area (TPSA) is 40.5 Å². The van der Waals surface area contributed by atoms with E-state index in [1.54, 1.807) is 24.3 Å². The maximum Gasteiger partial charge on any atom is 0.123 e. The number of benzene rings is 2. The first-order valence-electron chi connectivity index (χ1n) is 8.03. The van der Waals surface area contributed by atoms with Gasteiger partial charge in [0.05, 0.1) is 0 Å². The molecule has 0 fully saturated rings. The molecule has 0 radical (unpaired) electrons. The molecule has 2 nitrogen and oxygen atoms in total. The van der Waals surface area contributed by atoms with Crippen LogP contribution < -0.4 is 0 Å². The molecule has 2 aromatic rings. The maximum atomic E-state index is 10.7. The van der Waals surface area contributed by atoms with Crippen LogP contribution in [-0.2, 0) is 25.7 Å². The summed E-state index contributed by atoms with van der Waals surface area (Å²) in [6.07, 6.45) is 9.29. The largest absolute Gasteiger partial charge is 0.507 e. The molecule has 0 bridgehead atoms. The van der Waals surface area contributed by atoms with Crippen molar-refractivity contribution in [3.05, 3.63) is 85.0 Å². The van der Waals surface area contributed by atoms with Crippen LogP contribution in [0.1, 0.15) is 22.3 Å². The van der Waals surface area contributed by atoms with Gasteiger partial charge in [-0.2, -0.15) is 0 Å². The van der Waals surface area contributed by atoms with Crippen molar-refractivity contribution in [2.45, 2.75) is 25.7 Å². The Hall–Kier alpha value is -2.74. The Kier molecular flexibility index (Phi) is 5.64. The quantitative estimate of drug-likeness (QED) is 0.659. The van der Waals surface area contributed by atoms with Crippen LogP contribution in [0.2, 0.25) is 0 Å². The summed E-state index contributed by atoms with van der Waals surface area (Å²) in [5, 5.41) is 23.2. The van der Waals surface area contributed by atoms with Crippen LogP contribution in [0.3, 0.4) is 0 Å². The normalized spacial score (nSPS) is 10.5. The van der Waals surface area contributed by atoms with Gasteiger partial charge in [-0.1, -0.05) is 24.3 Å². The number of hydrogen-bond donors (Lipinski definition) is 2. The zero-order valence-electron chi connectivity index (χ0n) is 14.0. The van der Waals surface area contributed by atoms with Gasteiger partial charge in [-0.25, -0.2) is 0 Å². The fraction of sp³-hybridized carbons (Fsp3) is 0.182. The first-order valence-corrected chi connectivity index (χ1v) is 8.03. The lowest BCUT2D eigenvalue weighted by atomic mass is 9.88. The van der Waals surface area contributed by atoms with Gasteiger partial charge in [-0.05, 0) is 59.7 Å². The highest BCUT2D eigenvalue weighted by Crippen LogP contribution is 2.40. The first-order chi connectivity index (χ1) is 11.6. The molecule has 2 heteroatoms. The lowest BCUT2D eigenvalue weighted by Crippen LogP contribution is -1.99. The highest BCUT2D eigenvalue weighted by atomic mass is 16.3. The van der Waals surface area contributed by atoms with E-state index >= 15 is 0 Å². The van der Waals surface area contributed by atoms with Crippen molar-refractivity contribution in [3.63, 3.8) is 0 Å². The summed E-state index contributed by atoms with van der Waals surface area (Å²) in [6.45, 7) is 15.1. The number of hydrogen-bond acceptors (Lipinski definition) is 2. The van der Waals surface area contributed by atoms with Gasteiger partial charge in [0.15, 0.2) is 0 Å². The second-order valence-corrected chi connectivity index (χ2v) is 5.80. The lowest BCUT2D eigenvalue weighted by molar-refractivity contribution is 0.462. The van der Waals surface area contributed by atoms with Crippen molar-refractivity contribution < 1.29 is 10.2 Å². The minimum atomic E-state index is 0.253. The van der Waals surface area contributed by atoms with Gasteiger partial charge in [0.2, 0.25) is 0 Å². The molecule has 0 amide bonds. The molecule has 0 heterocycles. The Morgan fingerprint density at radius 3 is 1.38 bits per heavy atom. The van der Waals surface area contributed by atoms with Crippen LogP contribution in [0.15, 0.2) is 62.8 Å². The third-order valence-electron chi connectivity index (χ3n) is 4.16. The van der Waals surface area contributed by atoms with Gasteiger partial charge in [0, 0.05) is 11.1 Å². The molecule has 2 rings (SSSR count). The standard InChI is InChI=1S/C22H24O2/c1-5-9-15-13-17-14-16(10-6-2)22(24)19(12-8-4)20(17)18(11-7-3)21(15)23/h5-8,13-14,23-24H,1-4,9-12H2. The SMILES string of the molecule is C=CCc1cc2cc(CC=C)c(O)c(CC=C)c2c(CC=C)c1O. The Labute approximate surface area is 143 Å². The van der Waals surface area contributed by atoms with Gasteiger partial charge in [0.25, 0.3) is 0 Å². The molecule has 0 aliphatic rings. The highest BCUT2D eigenvalue weighted by Gasteiger charge is 2.18. The van der Waals surface area contributed by atoms with E-state index in [1.165, 1.54) is 0 Å². The molecular weight excluding hydrogens is 296 g/mol.